The molecule has 0 bridgehead atoms. The van der Waals surface area contributed by atoms with Crippen LogP contribution in [0.25, 0.3) is 0 Å². The number of benzene rings is 5. The number of esters is 4. The summed E-state index contributed by atoms with van der Waals surface area (Å²) in [5, 5.41) is 4.04. The van der Waals surface area contributed by atoms with Crippen molar-refractivity contribution in [2.24, 2.45) is 5.16 Å². The maximum Gasteiger partial charge on any atom is 0.338 e. The van der Waals surface area contributed by atoms with Gasteiger partial charge in [0, 0.05) is 12.6 Å². The SMILES string of the molecule is O=C(OC[C@@H](OC(=O)c1ccccc1)[C@H](OC(=O)c1ccccc1)[C@@H](C/C=N/OCc1ccccc1)OC(=O)c1ccccc1)c1ccccc1. The minimum Gasteiger partial charge on any atom is -0.458 e. The molecule has 258 valence electrons. The molecule has 10 heteroatoms. The highest BCUT2D eigenvalue weighted by atomic mass is 16.6. The summed E-state index contributed by atoms with van der Waals surface area (Å²) in [6, 6.07) is 42.1. The normalized spacial score (nSPS) is 12.5. The van der Waals surface area contributed by atoms with Gasteiger partial charge in [0.15, 0.2) is 12.2 Å². The van der Waals surface area contributed by atoms with E-state index in [1.54, 1.807) is 121 Å². The molecule has 0 aliphatic rings. The van der Waals surface area contributed by atoms with Crippen LogP contribution in [0.3, 0.4) is 0 Å². The van der Waals surface area contributed by atoms with Crippen molar-refractivity contribution < 1.29 is 43.0 Å². The topological polar surface area (TPSA) is 127 Å². The zero-order valence-corrected chi connectivity index (χ0v) is 27.5. The van der Waals surface area contributed by atoms with Crippen LogP contribution in [0.15, 0.2) is 157 Å². The van der Waals surface area contributed by atoms with E-state index >= 15 is 0 Å². The summed E-state index contributed by atoms with van der Waals surface area (Å²) < 4.78 is 23.5. The lowest BCUT2D eigenvalue weighted by atomic mass is 10.0. The van der Waals surface area contributed by atoms with E-state index in [0.29, 0.717) is 0 Å². The number of ether oxygens (including phenoxy) is 4. The van der Waals surface area contributed by atoms with Crippen LogP contribution < -0.4 is 0 Å². The van der Waals surface area contributed by atoms with Crippen molar-refractivity contribution in [1.29, 1.82) is 0 Å². The molecule has 0 fully saturated rings. The lowest BCUT2D eigenvalue weighted by Crippen LogP contribution is -2.48. The van der Waals surface area contributed by atoms with Gasteiger partial charge in [0.25, 0.3) is 0 Å². The summed E-state index contributed by atoms with van der Waals surface area (Å²) in [6.45, 7) is -0.384. The highest BCUT2D eigenvalue weighted by Crippen LogP contribution is 2.22. The van der Waals surface area contributed by atoms with Gasteiger partial charge in [-0.2, -0.15) is 0 Å². The molecule has 3 atom stereocenters. The first-order valence-corrected chi connectivity index (χ1v) is 16.2. The molecule has 0 spiro atoms. The van der Waals surface area contributed by atoms with Crippen molar-refractivity contribution in [3.8, 4) is 0 Å². The molecule has 0 heterocycles. The molecule has 0 radical (unpaired) electrons. The minimum absolute atomic E-state index is 0.147. The van der Waals surface area contributed by atoms with Crippen molar-refractivity contribution >= 4 is 30.1 Å². The second-order valence-corrected chi connectivity index (χ2v) is 11.1. The Morgan fingerprint density at radius 1 is 0.490 bits per heavy atom. The van der Waals surface area contributed by atoms with Crippen molar-refractivity contribution in [2.75, 3.05) is 6.61 Å². The van der Waals surface area contributed by atoms with E-state index in [2.05, 4.69) is 5.16 Å². The zero-order chi connectivity index (χ0) is 35.7. The summed E-state index contributed by atoms with van der Waals surface area (Å²) in [5.41, 5.74) is 1.73. The maximum absolute atomic E-state index is 13.6. The highest BCUT2D eigenvalue weighted by molar-refractivity contribution is 5.92. The zero-order valence-electron chi connectivity index (χ0n) is 27.5. The molecular formula is C41H35NO9. The molecular weight excluding hydrogens is 650 g/mol. The summed E-state index contributed by atoms with van der Waals surface area (Å²) in [6.07, 6.45) is -3.04. The average molecular weight is 686 g/mol. The first-order valence-electron chi connectivity index (χ1n) is 16.2. The van der Waals surface area contributed by atoms with E-state index in [4.69, 9.17) is 23.8 Å². The van der Waals surface area contributed by atoms with Gasteiger partial charge in [-0.3, -0.25) is 0 Å². The first kappa shape index (κ1) is 35.7. The van der Waals surface area contributed by atoms with Crippen LogP contribution in [0.4, 0.5) is 0 Å². The second kappa shape index (κ2) is 18.8. The largest absolute Gasteiger partial charge is 0.458 e. The average Bonchev–Trinajstić information content (AvgIpc) is 3.19. The van der Waals surface area contributed by atoms with Crippen LogP contribution in [0.1, 0.15) is 53.4 Å². The number of nitrogens with zero attached hydrogens (tertiary/aromatic N) is 1. The Labute approximate surface area is 295 Å². The Bertz CT molecular complexity index is 1870. The lowest BCUT2D eigenvalue weighted by molar-refractivity contribution is -0.0993. The lowest BCUT2D eigenvalue weighted by Gasteiger charge is -2.32. The molecule has 0 unspecified atom stereocenters. The van der Waals surface area contributed by atoms with Crippen molar-refractivity contribution in [1.82, 2.24) is 0 Å². The standard InChI is InChI=1S/C41H35NO9/c43-38(31-18-8-2-9-19-31)47-29-36(50-40(45)33-22-12-4-13-23-33)37(51-41(46)34-24-14-5-15-25-34)35(49-39(44)32-20-10-3-11-21-32)26-27-42-48-28-30-16-6-1-7-17-30/h1-25,27,35-37H,26,28-29H2/b42-27+/t35-,36-,37-/m1/s1. The van der Waals surface area contributed by atoms with E-state index in [9.17, 15) is 19.2 Å². The molecule has 0 aliphatic carbocycles. The van der Waals surface area contributed by atoms with Crippen LogP contribution in [0, 0.1) is 0 Å². The van der Waals surface area contributed by atoms with Crippen LogP contribution >= 0.6 is 0 Å². The first-order chi connectivity index (χ1) is 25.0. The van der Waals surface area contributed by atoms with Gasteiger partial charge in [-0.1, -0.05) is 108 Å². The molecule has 5 rings (SSSR count). The number of rotatable bonds is 16. The smallest absolute Gasteiger partial charge is 0.338 e. The van der Waals surface area contributed by atoms with Gasteiger partial charge in [-0.15, -0.1) is 0 Å². The van der Waals surface area contributed by atoms with Gasteiger partial charge in [-0.05, 0) is 54.1 Å². The Morgan fingerprint density at radius 2 is 0.882 bits per heavy atom. The van der Waals surface area contributed by atoms with E-state index < -0.39 is 48.8 Å². The molecule has 0 saturated carbocycles. The third kappa shape index (κ3) is 11.0. The fourth-order valence-corrected chi connectivity index (χ4v) is 4.86. The molecule has 0 saturated heterocycles. The quantitative estimate of drug-likeness (QED) is 0.0462. The molecule has 0 N–H and O–H groups in total. The van der Waals surface area contributed by atoms with Crippen LogP contribution in [-0.2, 0) is 30.4 Å². The summed E-state index contributed by atoms with van der Waals surface area (Å²) in [7, 11) is 0. The van der Waals surface area contributed by atoms with Crippen molar-refractivity contribution in [2.45, 2.75) is 31.3 Å². The van der Waals surface area contributed by atoms with E-state index in [1.807, 2.05) is 30.3 Å². The summed E-state index contributed by atoms with van der Waals surface area (Å²) in [5.74, 6) is -3.04. The van der Waals surface area contributed by atoms with Crippen LogP contribution in [-0.4, -0.2) is 55.0 Å². The summed E-state index contributed by atoms with van der Waals surface area (Å²) >= 11 is 0. The van der Waals surface area contributed by atoms with Gasteiger partial charge in [0.2, 0.25) is 0 Å². The summed E-state index contributed by atoms with van der Waals surface area (Å²) in [4.78, 5) is 59.1. The number of hydrogen-bond donors (Lipinski definition) is 0. The van der Waals surface area contributed by atoms with E-state index in [-0.39, 0.29) is 35.3 Å². The number of carbonyl (C=O) groups is 4. The van der Waals surface area contributed by atoms with Crippen LogP contribution in [0.5, 0.6) is 0 Å². The number of carbonyl (C=O) groups excluding carboxylic acids is 4. The maximum atomic E-state index is 13.6. The van der Waals surface area contributed by atoms with E-state index in [0.717, 1.165) is 5.56 Å². The Balaban J connectivity index is 1.49. The minimum atomic E-state index is -1.50. The van der Waals surface area contributed by atoms with E-state index in [1.165, 1.54) is 6.21 Å². The van der Waals surface area contributed by atoms with Gasteiger partial charge in [0.1, 0.15) is 19.3 Å². The van der Waals surface area contributed by atoms with Crippen molar-refractivity contribution in [3.63, 3.8) is 0 Å². The number of hydrogen-bond acceptors (Lipinski definition) is 10. The molecule has 0 amide bonds. The number of oxime groups is 1. The van der Waals surface area contributed by atoms with Gasteiger partial charge < -0.3 is 23.8 Å². The van der Waals surface area contributed by atoms with Crippen molar-refractivity contribution in [3.05, 3.63) is 179 Å². The Hall–Kier alpha value is -6.55. The third-order valence-electron chi connectivity index (χ3n) is 7.47. The Morgan fingerprint density at radius 3 is 1.35 bits per heavy atom. The third-order valence-corrected chi connectivity index (χ3v) is 7.47. The van der Waals surface area contributed by atoms with Gasteiger partial charge >= 0.3 is 23.9 Å². The monoisotopic (exact) mass is 685 g/mol. The van der Waals surface area contributed by atoms with Crippen LogP contribution in [0.2, 0.25) is 0 Å². The molecule has 5 aromatic carbocycles. The fourth-order valence-electron chi connectivity index (χ4n) is 4.86. The van der Waals surface area contributed by atoms with Gasteiger partial charge in [-0.25, -0.2) is 19.2 Å². The predicted molar refractivity (Wildman–Crippen MR) is 188 cm³/mol. The molecule has 0 aromatic heterocycles. The molecule has 51 heavy (non-hydrogen) atoms. The molecule has 0 aliphatic heterocycles. The molecule has 10 nitrogen and oxygen atoms in total. The second-order valence-electron chi connectivity index (χ2n) is 11.1. The molecule has 5 aromatic rings. The highest BCUT2D eigenvalue weighted by Gasteiger charge is 2.39. The van der Waals surface area contributed by atoms with Gasteiger partial charge in [0.05, 0.1) is 22.3 Å². The Kier molecular flexibility index (Phi) is 13.2. The predicted octanol–water partition coefficient (Wildman–Crippen LogP) is 7.11. The fraction of sp³-hybridized carbons (Fsp3) is 0.146.